The van der Waals surface area contributed by atoms with Crippen molar-refractivity contribution in [3.8, 4) is 11.1 Å². The molecule has 5 heteroatoms. The van der Waals surface area contributed by atoms with E-state index in [1.54, 1.807) is 12.1 Å². The maximum absolute atomic E-state index is 12.9. The van der Waals surface area contributed by atoms with Crippen LogP contribution in [0.2, 0.25) is 0 Å². The van der Waals surface area contributed by atoms with Crippen LogP contribution in [0, 0.1) is 0 Å². The van der Waals surface area contributed by atoms with E-state index >= 15 is 0 Å². The Balaban J connectivity index is 1.46. The van der Waals surface area contributed by atoms with Crippen LogP contribution < -0.4 is 4.90 Å². The normalized spacial score (nSPS) is 20.6. The number of anilines is 1. The van der Waals surface area contributed by atoms with E-state index in [-0.39, 0.29) is 0 Å². The van der Waals surface area contributed by atoms with Crippen LogP contribution in [0.25, 0.3) is 11.1 Å². The Hall–Kier alpha value is -2.01. The second-order valence-corrected chi connectivity index (χ2v) is 8.67. The summed E-state index contributed by atoms with van der Waals surface area (Å²) in [7, 11) is 0. The highest BCUT2D eigenvalue weighted by atomic mass is 19.4. The molecule has 1 saturated carbocycles. The number of alkyl halides is 3. The molecular formula is C24H27F3N2. The molecule has 0 atom stereocenters. The molecule has 154 valence electrons. The summed E-state index contributed by atoms with van der Waals surface area (Å²) < 4.78 is 38.8. The van der Waals surface area contributed by atoms with E-state index in [2.05, 4.69) is 21.9 Å². The van der Waals surface area contributed by atoms with Crippen molar-refractivity contribution >= 4 is 5.69 Å². The Morgan fingerprint density at radius 2 is 1.48 bits per heavy atom. The summed E-state index contributed by atoms with van der Waals surface area (Å²) in [6.07, 6.45) is 3.00. The zero-order chi connectivity index (χ0) is 20.0. The number of hydrogen-bond acceptors (Lipinski definition) is 2. The lowest BCUT2D eigenvalue weighted by Crippen LogP contribution is -2.47. The maximum Gasteiger partial charge on any atom is 0.416 e. The Morgan fingerprint density at radius 1 is 0.793 bits per heavy atom. The van der Waals surface area contributed by atoms with Crippen molar-refractivity contribution in [2.24, 2.45) is 0 Å². The summed E-state index contributed by atoms with van der Waals surface area (Å²) >= 11 is 0. The molecule has 2 aliphatic carbocycles. The fraction of sp³-hybridized carbons (Fsp3) is 0.500. The molecule has 2 nitrogen and oxygen atoms in total. The van der Waals surface area contributed by atoms with Crippen molar-refractivity contribution in [3.63, 3.8) is 0 Å². The van der Waals surface area contributed by atoms with Gasteiger partial charge in [0.2, 0.25) is 0 Å². The molecule has 1 saturated heterocycles. The van der Waals surface area contributed by atoms with Crippen molar-refractivity contribution in [2.75, 3.05) is 31.1 Å². The molecule has 0 radical (unpaired) electrons. The first-order valence-corrected chi connectivity index (χ1v) is 10.8. The summed E-state index contributed by atoms with van der Waals surface area (Å²) in [6, 6.07) is 10.9. The van der Waals surface area contributed by atoms with Gasteiger partial charge in [-0.3, -0.25) is 4.90 Å². The lowest BCUT2D eigenvalue weighted by Gasteiger charge is -2.38. The maximum atomic E-state index is 12.9. The molecule has 29 heavy (non-hydrogen) atoms. The molecule has 2 aromatic carbocycles. The molecule has 0 spiro atoms. The molecule has 0 amide bonds. The molecule has 0 N–H and O–H groups in total. The summed E-state index contributed by atoms with van der Waals surface area (Å²) in [4.78, 5) is 5.12. The SMILES string of the molecule is FC(F)(F)c1ccc(-c2cc3c(c(N4CCN(C5CC5)CC4)c2)CCCC3)cc1. The van der Waals surface area contributed by atoms with Crippen LogP contribution in [0.15, 0.2) is 36.4 Å². The molecule has 5 rings (SSSR count). The average molecular weight is 400 g/mol. The Bertz CT molecular complexity index is 876. The van der Waals surface area contributed by atoms with E-state index in [0.717, 1.165) is 56.2 Å². The quantitative estimate of drug-likeness (QED) is 0.668. The Kier molecular flexibility index (Phi) is 4.81. The van der Waals surface area contributed by atoms with E-state index in [0.29, 0.717) is 0 Å². The van der Waals surface area contributed by atoms with Crippen LogP contribution >= 0.6 is 0 Å². The van der Waals surface area contributed by atoms with Crippen LogP contribution in [0.5, 0.6) is 0 Å². The highest BCUT2D eigenvalue weighted by Gasteiger charge is 2.32. The van der Waals surface area contributed by atoms with Crippen LogP contribution in [0.3, 0.4) is 0 Å². The van der Waals surface area contributed by atoms with Gasteiger partial charge in [0.15, 0.2) is 0 Å². The van der Waals surface area contributed by atoms with E-state index in [1.165, 1.54) is 54.6 Å². The van der Waals surface area contributed by atoms with Crippen molar-refractivity contribution in [1.82, 2.24) is 4.90 Å². The van der Waals surface area contributed by atoms with Gasteiger partial charge >= 0.3 is 6.18 Å². The molecule has 2 fully saturated rings. The minimum atomic E-state index is -4.29. The third-order valence-electron chi connectivity index (χ3n) is 6.71. The lowest BCUT2D eigenvalue weighted by molar-refractivity contribution is -0.137. The fourth-order valence-electron chi connectivity index (χ4n) is 4.91. The minimum absolute atomic E-state index is 0.587. The third kappa shape index (κ3) is 3.89. The third-order valence-corrected chi connectivity index (χ3v) is 6.71. The summed E-state index contributed by atoms with van der Waals surface area (Å²) in [5.41, 5.74) is 5.48. The number of aryl methyl sites for hydroxylation is 1. The fourth-order valence-corrected chi connectivity index (χ4v) is 4.91. The zero-order valence-electron chi connectivity index (χ0n) is 16.6. The van der Waals surface area contributed by atoms with E-state index in [4.69, 9.17) is 0 Å². The van der Waals surface area contributed by atoms with Crippen molar-refractivity contribution in [3.05, 3.63) is 53.1 Å². The average Bonchev–Trinajstić information content (AvgIpc) is 3.58. The second-order valence-electron chi connectivity index (χ2n) is 8.67. The molecule has 2 aromatic rings. The molecule has 0 unspecified atom stereocenters. The van der Waals surface area contributed by atoms with Gasteiger partial charge in [-0.15, -0.1) is 0 Å². The first-order valence-electron chi connectivity index (χ1n) is 10.8. The Labute approximate surface area is 170 Å². The number of piperazine rings is 1. The number of hydrogen-bond donors (Lipinski definition) is 0. The molecule has 0 bridgehead atoms. The monoisotopic (exact) mass is 400 g/mol. The van der Waals surface area contributed by atoms with Gasteiger partial charge in [0.1, 0.15) is 0 Å². The van der Waals surface area contributed by atoms with Gasteiger partial charge in [0.25, 0.3) is 0 Å². The van der Waals surface area contributed by atoms with Crippen LogP contribution in [0.1, 0.15) is 42.4 Å². The number of rotatable bonds is 3. The second kappa shape index (κ2) is 7.35. The topological polar surface area (TPSA) is 6.48 Å². The predicted octanol–water partition coefficient (Wildman–Crippen LogP) is 5.54. The van der Waals surface area contributed by atoms with Crippen LogP contribution in [-0.2, 0) is 19.0 Å². The van der Waals surface area contributed by atoms with Crippen LogP contribution in [0.4, 0.5) is 18.9 Å². The largest absolute Gasteiger partial charge is 0.416 e. The van der Waals surface area contributed by atoms with Gasteiger partial charge in [-0.1, -0.05) is 18.2 Å². The highest BCUT2D eigenvalue weighted by molar-refractivity contribution is 5.73. The first kappa shape index (κ1) is 19.0. The van der Waals surface area contributed by atoms with E-state index in [9.17, 15) is 13.2 Å². The number of halogens is 3. The number of fused-ring (bicyclic) bond motifs is 1. The lowest BCUT2D eigenvalue weighted by atomic mass is 9.87. The summed E-state index contributed by atoms with van der Waals surface area (Å²) in [6.45, 7) is 4.31. The number of benzene rings is 2. The van der Waals surface area contributed by atoms with Gasteiger partial charge in [0.05, 0.1) is 5.56 Å². The zero-order valence-corrected chi connectivity index (χ0v) is 16.6. The van der Waals surface area contributed by atoms with Crippen molar-refractivity contribution < 1.29 is 13.2 Å². The van der Waals surface area contributed by atoms with Gasteiger partial charge in [-0.2, -0.15) is 13.2 Å². The number of nitrogens with zero attached hydrogens (tertiary/aromatic N) is 2. The first-order chi connectivity index (χ1) is 14.0. The van der Waals surface area contributed by atoms with E-state index in [1.807, 2.05) is 0 Å². The van der Waals surface area contributed by atoms with Gasteiger partial charge in [0, 0.05) is 37.9 Å². The molecule has 1 aliphatic heterocycles. The highest BCUT2D eigenvalue weighted by Crippen LogP contribution is 2.38. The summed E-state index contributed by atoms with van der Waals surface area (Å²) in [5.74, 6) is 0. The van der Waals surface area contributed by atoms with E-state index < -0.39 is 11.7 Å². The molecule has 3 aliphatic rings. The van der Waals surface area contributed by atoms with Crippen molar-refractivity contribution in [2.45, 2.75) is 50.7 Å². The minimum Gasteiger partial charge on any atom is -0.369 e. The molecule has 1 heterocycles. The van der Waals surface area contributed by atoms with Gasteiger partial charge in [-0.25, -0.2) is 0 Å². The van der Waals surface area contributed by atoms with Gasteiger partial charge in [-0.05, 0) is 79.0 Å². The molecular weight excluding hydrogens is 373 g/mol. The summed E-state index contributed by atoms with van der Waals surface area (Å²) in [5, 5.41) is 0. The van der Waals surface area contributed by atoms with Crippen LogP contribution in [-0.4, -0.2) is 37.1 Å². The smallest absolute Gasteiger partial charge is 0.369 e. The Morgan fingerprint density at radius 3 is 2.14 bits per heavy atom. The standard InChI is InChI=1S/C24H27F3N2/c25-24(26,27)20-7-5-17(6-8-20)19-15-18-3-1-2-4-22(18)23(16-19)29-13-11-28(12-14-29)21-9-10-21/h5-8,15-16,21H,1-4,9-14H2. The predicted molar refractivity (Wildman–Crippen MR) is 110 cm³/mol. The van der Waals surface area contributed by atoms with Crippen molar-refractivity contribution in [1.29, 1.82) is 0 Å². The molecule has 0 aromatic heterocycles. The van der Waals surface area contributed by atoms with Gasteiger partial charge < -0.3 is 4.90 Å².